The van der Waals surface area contributed by atoms with Gasteiger partial charge in [-0.25, -0.2) is 8.42 Å². The molecule has 0 bridgehead atoms. The number of hydrogen-bond donors (Lipinski definition) is 1. The number of aromatic nitrogens is 2. The van der Waals surface area contributed by atoms with Gasteiger partial charge in [-0.3, -0.25) is 14.7 Å². The summed E-state index contributed by atoms with van der Waals surface area (Å²) in [6.45, 7) is 1.88. The maximum absolute atomic E-state index is 13.2. The first-order chi connectivity index (χ1) is 16.1. The molecule has 0 saturated carbocycles. The maximum atomic E-state index is 13.2. The zero-order valence-corrected chi connectivity index (χ0v) is 18.4. The van der Waals surface area contributed by atoms with E-state index in [9.17, 15) is 21.6 Å². The van der Waals surface area contributed by atoms with Crippen molar-refractivity contribution in [2.24, 2.45) is 0 Å². The Morgan fingerprint density at radius 2 is 1.79 bits per heavy atom. The lowest BCUT2D eigenvalue weighted by Crippen LogP contribution is -2.18. The molecule has 0 unspecified atom stereocenters. The van der Waals surface area contributed by atoms with E-state index >= 15 is 0 Å². The molecule has 0 spiro atoms. The van der Waals surface area contributed by atoms with E-state index < -0.39 is 22.1 Å². The number of nitrogens with zero attached hydrogens (tertiary/aromatic N) is 2. The van der Waals surface area contributed by atoms with Crippen molar-refractivity contribution in [1.29, 1.82) is 0 Å². The molecule has 10 heteroatoms. The van der Waals surface area contributed by atoms with Crippen molar-refractivity contribution in [3.8, 4) is 17.6 Å². The van der Waals surface area contributed by atoms with Crippen molar-refractivity contribution in [3.05, 3.63) is 89.9 Å². The number of hydrogen-bond acceptors (Lipinski definition) is 5. The lowest BCUT2D eigenvalue weighted by Gasteiger charge is -2.14. The minimum atomic E-state index is -4.94. The lowest BCUT2D eigenvalue weighted by atomic mass is 10.1. The molecule has 0 atom stereocenters. The Morgan fingerprint density at radius 1 is 1.00 bits per heavy atom. The first kappa shape index (κ1) is 23.1. The Balaban J connectivity index is 1.72. The van der Waals surface area contributed by atoms with Crippen LogP contribution in [0.15, 0.2) is 78.1 Å². The monoisotopic (exact) mass is 483 g/mol. The lowest BCUT2D eigenvalue weighted by molar-refractivity contribution is -0.274. The molecule has 0 saturated heterocycles. The van der Waals surface area contributed by atoms with Crippen LogP contribution in [-0.2, 0) is 10.0 Å². The minimum absolute atomic E-state index is 0.0947. The second-order valence-electron chi connectivity index (χ2n) is 7.16. The van der Waals surface area contributed by atoms with Crippen LogP contribution in [0.1, 0.15) is 16.7 Å². The number of nitrogens with one attached hydrogen (secondary N) is 1. The van der Waals surface area contributed by atoms with Gasteiger partial charge in [0.15, 0.2) is 0 Å². The minimum Gasteiger partial charge on any atom is -0.405 e. The molecule has 1 N–H and O–H groups in total. The molecule has 172 valence electrons. The Labute approximate surface area is 193 Å². The Hall–Kier alpha value is -4.10. The highest BCUT2D eigenvalue weighted by Crippen LogP contribution is 2.34. The van der Waals surface area contributed by atoms with Crippen molar-refractivity contribution in [2.45, 2.75) is 18.2 Å². The molecule has 0 aliphatic heterocycles. The second-order valence-corrected chi connectivity index (χ2v) is 8.81. The van der Waals surface area contributed by atoms with Crippen LogP contribution >= 0.6 is 0 Å². The Morgan fingerprint density at radius 3 is 2.56 bits per heavy atom. The van der Waals surface area contributed by atoms with Gasteiger partial charge in [0.25, 0.3) is 10.0 Å². The summed E-state index contributed by atoms with van der Waals surface area (Å²) in [5, 5.41) is -0.0947. The number of para-hydroxylation sites is 1. The van der Waals surface area contributed by atoms with Crippen molar-refractivity contribution in [3.63, 3.8) is 0 Å². The van der Waals surface area contributed by atoms with Crippen molar-refractivity contribution >= 4 is 26.6 Å². The van der Waals surface area contributed by atoms with Crippen molar-refractivity contribution < 1.29 is 26.3 Å². The molecule has 2 aromatic carbocycles. The summed E-state index contributed by atoms with van der Waals surface area (Å²) < 4.78 is 71.2. The first-order valence-electron chi connectivity index (χ1n) is 9.81. The fraction of sp³-hybridized carbons (Fsp3) is 0.0833. The number of benzene rings is 2. The SMILES string of the molecule is Cc1cncc(C#Cc2ccccc2NS(=O)(=O)c2ccc(OC(F)(F)F)c3cccnc23)c1. The number of alkyl halides is 3. The van der Waals surface area contributed by atoms with Gasteiger partial charge in [-0.2, -0.15) is 0 Å². The summed E-state index contributed by atoms with van der Waals surface area (Å²) in [5.74, 6) is 5.32. The predicted octanol–water partition coefficient (Wildman–Crippen LogP) is 5.04. The van der Waals surface area contributed by atoms with Gasteiger partial charge in [0, 0.05) is 35.1 Å². The van der Waals surface area contributed by atoms with Gasteiger partial charge in [-0.1, -0.05) is 24.0 Å². The first-order valence-corrected chi connectivity index (χ1v) is 11.3. The highest BCUT2D eigenvalue weighted by atomic mass is 32.2. The summed E-state index contributed by atoms with van der Waals surface area (Å²) >= 11 is 0. The number of pyridine rings is 2. The molecule has 4 rings (SSSR count). The standard InChI is InChI=1S/C24H16F3N3O3S/c1-16-13-17(15-28-14-16)8-9-18-5-2-3-7-20(18)30-34(31,32)22-11-10-21(33-24(25,26)27)19-6-4-12-29-23(19)22/h2-7,10-15,30H,1H3. The van der Waals surface area contributed by atoms with E-state index in [1.54, 1.807) is 30.6 Å². The molecule has 2 aromatic heterocycles. The van der Waals surface area contributed by atoms with Crippen LogP contribution in [-0.4, -0.2) is 24.7 Å². The highest BCUT2D eigenvalue weighted by molar-refractivity contribution is 7.93. The third-order valence-corrected chi connectivity index (χ3v) is 5.99. The fourth-order valence-corrected chi connectivity index (χ4v) is 4.44. The predicted molar refractivity (Wildman–Crippen MR) is 121 cm³/mol. The van der Waals surface area contributed by atoms with Crippen LogP contribution in [0.25, 0.3) is 10.9 Å². The number of fused-ring (bicyclic) bond motifs is 1. The molecule has 4 aromatic rings. The zero-order chi connectivity index (χ0) is 24.3. The van der Waals surface area contributed by atoms with Crippen LogP contribution in [0.3, 0.4) is 0 Å². The van der Waals surface area contributed by atoms with Crippen LogP contribution in [0.4, 0.5) is 18.9 Å². The van der Waals surface area contributed by atoms with Crippen LogP contribution < -0.4 is 9.46 Å². The summed E-state index contributed by atoms with van der Waals surface area (Å²) in [5.41, 5.74) is 2.04. The summed E-state index contributed by atoms with van der Waals surface area (Å²) in [4.78, 5) is 7.76. The average Bonchev–Trinajstić information content (AvgIpc) is 2.77. The van der Waals surface area contributed by atoms with E-state index in [0.29, 0.717) is 11.1 Å². The average molecular weight is 483 g/mol. The van der Waals surface area contributed by atoms with E-state index in [2.05, 4.69) is 31.3 Å². The molecule has 0 radical (unpaired) electrons. The molecule has 34 heavy (non-hydrogen) atoms. The second kappa shape index (κ2) is 9.03. The zero-order valence-electron chi connectivity index (χ0n) is 17.6. The molecule has 2 heterocycles. The summed E-state index contributed by atoms with van der Waals surface area (Å²) in [6.07, 6.45) is -0.369. The number of sulfonamides is 1. The van der Waals surface area contributed by atoms with Crippen LogP contribution in [0.5, 0.6) is 5.75 Å². The highest BCUT2D eigenvalue weighted by Gasteiger charge is 2.32. The van der Waals surface area contributed by atoms with Crippen molar-refractivity contribution in [1.82, 2.24) is 9.97 Å². The van der Waals surface area contributed by atoms with Gasteiger partial charge in [-0.15, -0.1) is 13.2 Å². The third-order valence-electron chi connectivity index (χ3n) is 4.60. The fourth-order valence-electron chi connectivity index (χ4n) is 3.19. The van der Waals surface area contributed by atoms with Gasteiger partial charge >= 0.3 is 6.36 Å². The van der Waals surface area contributed by atoms with Crippen LogP contribution in [0.2, 0.25) is 0 Å². The number of rotatable bonds is 4. The molecule has 0 fully saturated rings. The van der Waals surface area contributed by atoms with E-state index in [4.69, 9.17) is 0 Å². The number of aryl methyl sites for hydroxylation is 1. The topological polar surface area (TPSA) is 81.2 Å². The number of anilines is 1. The van der Waals surface area contributed by atoms with E-state index in [1.807, 2.05) is 13.0 Å². The van der Waals surface area contributed by atoms with E-state index in [0.717, 1.165) is 17.7 Å². The van der Waals surface area contributed by atoms with E-state index in [1.165, 1.54) is 24.4 Å². The summed E-state index contributed by atoms with van der Waals surface area (Å²) in [6, 6.07) is 13.0. The maximum Gasteiger partial charge on any atom is 0.573 e. The van der Waals surface area contributed by atoms with Gasteiger partial charge in [0.05, 0.1) is 11.2 Å². The van der Waals surface area contributed by atoms with E-state index in [-0.39, 0.29) is 21.5 Å². The van der Waals surface area contributed by atoms with Gasteiger partial charge in [0.1, 0.15) is 10.6 Å². The molecular weight excluding hydrogens is 467 g/mol. The van der Waals surface area contributed by atoms with Gasteiger partial charge in [-0.05, 0) is 55.0 Å². The molecule has 0 aliphatic rings. The quantitative estimate of drug-likeness (QED) is 0.412. The smallest absolute Gasteiger partial charge is 0.405 e. The van der Waals surface area contributed by atoms with Gasteiger partial charge in [0.2, 0.25) is 0 Å². The largest absolute Gasteiger partial charge is 0.573 e. The molecule has 0 amide bonds. The molecular formula is C24H16F3N3O3S. The van der Waals surface area contributed by atoms with Crippen LogP contribution in [0, 0.1) is 18.8 Å². The molecule has 6 nitrogen and oxygen atoms in total. The number of halogens is 3. The normalized spacial score (nSPS) is 11.5. The van der Waals surface area contributed by atoms with Gasteiger partial charge < -0.3 is 4.74 Å². The Kier molecular flexibility index (Phi) is 6.13. The molecule has 0 aliphatic carbocycles. The summed E-state index contributed by atoms with van der Waals surface area (Å²) in [7, 11) is -4.24. The third kappa shape index (κ3) is 5.27. The Bertz CT molecular complexity index is 1540. The van der Waals surface area contributed by atoms with Crippen molar-refractivity contribution in [2.75, 3.05) is 4.72 Å². The number of ether oxygens (including phenoxy) is 1.